The van der Waals surface area contributed by atoms with Gasteiger partial charge in [0.05, 0.1) is 12.5 Å². The summed E-state index contributed by atoms with van der Waals surface area (Å²) in [6, 6.07) is 2.77. The molecule has 0 aliphatic rings. The van der Waals surface area contributed by atoms with Crippen LogP contribution in [0.15, 0.2) is 6.07 Å². The van der Waals surface area contributed by atoms with Crippen molar-refractivity contribution in [1.29, 1.82) is 5.26 Å². The highest BCUT2D eigenvalue weighted by atomic mass is 35.5. The molecule has 0 amide bonds. The van der Waals surface area contributed by atoms with E-state index in [1.165, 1.54) is 0 Å². The second-order valence-corrected chi connectivity index (χ2v) is 2.90. The molecule has 1 aromatic rings. The van der Waals surface area contributed by atoms with E-state index in [-0.39, 0.29) is 28.5 Å². The van der Waals surface area contributed by atoms with Crippen LogP contribution in [0.3, 0.4) is 0 Å². The van der Waals surface area contributed by atoms with Gasteiger partial charge in [0.1, 0.15) is 11.0 Å². The van der Waals surface area contributed by atoms with Crippen molar-refractivity contribution in [2.75, 3.05) is 5.73 Å². The lowest BCUT2D eigenvalue weighted by molar-refractivity contribution is 0.150. The third kappa shape index (κ3) is 2.09. The van der Waals surface area contributed by atoms with Gasteiger partial charge in [-0.05, 0) is 6.07 Å². The molecule has 0 aliphatic heterocycles. The number of anilines is 1. The van der Waals surface area contributed by atoms with Crippen LogP contribution in [-0.4, -0.2) is 4.98 Å². The Morgan fingerprint density at radius 3 is 2.79 bits per heavy atom. The zero-order valence-electron chi connectivity index (χ0n) is 6.97. The number of alkyl halides is 2. The minimum absolute atomic E-state index is 0.0402. The minimum Gasteiger partial charge on any atom is -0.384 e. The molecule has 1 aromatic heterocycles. The van der Waals surface area contributed by atoms with Crippen LogP contribution in [0.25, 0.3) is 0 Å². The van der Waals surface area contributed by atoms with E-state index in [0.29, 0.717) is 0 Å². The van der Waals surface area contributed by atoms with Crippen LogP contribution < -0.4 is 5.73 Å². The predicted octanol–water partition coefficient (Wildman–Crippen LogP) is 2.32. The molecule has 0 fully saturated rings. The zero-order chi connectivity index (χ0) is 10.7. The van der Waals surface area contributed by atoms with Gasteiger partial charge < -0.3 is 5.73 Å². The van der Waals surface area contributed by atoms with Crippen molar-refractivity contribution in [3.05, 3.63) is 22.3 Å². The van der Waals surface area contributed by atoms with Crippen LogP contribution in [-0.2, 0) is 6.42 Å². The van der Waals surface area contributed by atoms with Crippen molar-refractivity contribution < 1.29 is 8.78 Å². The van der Waals surface area contributed by atoms with Crippen molar-refractivity contribution >= 4 is 17.4 Å². The maximum absolute atomic E-state index is 12.5. The standard InChI is InChI=1S/C8H6ClF2N3/c9-7-4(1-2-12)5(8(10)11)3-6(13)14-7/h3,8H,1H2,(H2,13,14). The summed E-state index contributed by atoms with van der Waals surface area (Å²) in [7, 11) is 0. The number of nitrogens with two attached hydrogens (primary N) is 1. The molecule has 0 unspecified atom stereocenters. The smallest absolute Gasteiger partial charge is 0.264 e. The highest BCUT2D eigenvalue weighted by Crippen LogP contribution is 2.29. The molecule has 1 rings (SSSR count). The van der Waals surface area contributed by atoms with Gasteiger partial charge in [0.2, 0.25) is 0 Å². The van der Waals surface area contributed by atoms with Gasteiger partial charge in [-0.2, -0.15) is 5.26 Å². The monoisotopic (exact) mass is 217 g/mol. The lowest BCUT2D eigenvalue weighted by Gasteiger charge is -2.08. The highest BCUT2D eigenvalue weighted by molar-refractivity contribution is 6.30. The fourth-order valence-corrected chi connectivity index (χ4v) is 1.30. The van der Waals surface area contributed by atoms with E-state index in [2.05, 4.69) is 4.98 Å². The first-order valence-electron chi connectivity index (χ1n) is 3.66. The highest BCUT2D eigenvalue weighted by Gasteiger charge is 2.17. The van der Waals surface area contributed by atoms with Crippen LogP contribution in [0, 0.1) is 11.3 Å². The van der Waals surface area contributed by atoms with Crippen molar-refractivity contribution in [2.24, 2.45) is 0 Å². The first-order valence-corrected chi connectivity index (χ1v) is 4.04. The first-order chi connectivity index (χ1) is 6.56. The van der Waals surface area contributed by atoms with Gasteiger partial charge in [0.15, 0.2) is 0 Å². The molecule has 2 N–H and O–H groups in total. The number of nitrogen functional groups attached to an aromatic ring is 1. The van der Waals surface area contributed by atoms with Crippen LogP contribution in [0.4, 0.5) is 14.6 Å². The Balaban J connectivity index is 3.30. The molecular formula is C8H6ClF2N3. The molecule has 14 heavy (non-hydrogen) atoms. The zero-order valence-corrected chi connectivity index (χ0v) is 7.72. The number of nitriles is 1. The van der Waals surface area contributed by atoms with Gasteiger partial charge in [-0.3, -0.25) is 0 Å². The van der Waals surface area contributed by atoms with Gasteiger partial charge in [-0.1, -0.05) is 11.6 Å². The van der Waals surface area contributed by atoms with E-state index in [9.17, 15) is 8.78 Å². The normalized spacial score (nSPS) is 10.2. The molecule has 74 valence electrons. The molecule has 3 nitrogen and oxygen atoms in total. The number of rotatable bonds is 2. The fraction of sp³-hybridized carbons (Fsp3) is 0.250. The van der Waals surface area contributed by atoms with Gasteiger partial charge in [-0.25, -0.2) is 13.8 Å². The molecule has 0 aromatic carbocycles. The van der Waals surface area contributed by atoms with Gasteiger partial charge in [0, 0.05) is 11.1 Å². The Kier molecular flexibility index (Phi) is 3.20. The molecule has 0 radical (unpaired) electrons. The Morgan fingerprint density at radius 2 is 2.29 bits per heavy atom. The SMILES string of the molecule is N#CCc1c(C(F)F)cc(N)nc1Cl. The van der Waals surface area contributed by atoms with E-state index in [4.69, 9.17) is 22.6 Å². The van der Waals surface area contributed by atoms with Gasteiger partial charge in [-0.15, -0.1) is 0 Å². The van der Waals surface area contributed by atoms with E-state index in [0.717, 1.165) is 6.07 Å². The molecule has 6 heteroatoms. The van der Waals surface area contributed by atoms with Crippen molar-refractivity contribution in [3.8, 4) is 6.07 Å². The van der Waals surface area contributed by atoms with E-state index in [1.54, 1.807) is 6.07 Å². The summed E-state index contributed by atoms with van der Waals surface area (Å²) in [5.74, 6) is -0.0769. The maximum atomic E-state index is 12.5. The first kappa shape index (κ1) is 10.7. The second-order valence-electron chi connectivity index (χ2n) is 2.54. The Morgan fingerprint density at radius 1 is 1.64 bits per heavy atom. The Hall–Kier alpha value is -1.41. The number of aromatic nitrogens is 1. The minimum atomic E-state index is -2.71. The predicted molar refractivity (Wildman–Crippen MR) is 47.9 cm³/mol. The van der Waals surface area contributed by atoms with E-state index in [1.807, 2.05) is 0 Å². The summed E-state index contributed by atoms with van der Waals surface area (Å²) >= 11 is 5.58. The quantitative estimate of drug-likeness (QED) is 0.774. The van der Waals surface area contributed by atoms with E-state index >= 15 is 0 Å². The Labute approximate surface area is 84.1 Å². The van der Waals surface area contributed by atoms with Gasteiger partial charge in [0.25, 0.3) is 6.43 Å². The summed E-state index contributed by atoms with van der Waals surface area (Å²) in [4.78, 5) is 3.59. The summed E-state index contributed by atoms with van der Waals surface area (Å²) in [6.07, 6.45) is -2.91. The molecule has 1 heterocycles. The van der Waals surface area contributed by atoms with Crippen molar-refractivity contribution in [3.63, 3.8) is 0 Å². The molecule has 0 atom stereocenters. The van der Waals surface area contributed by atoms with Crippen LogP contribution in [0.1, 0.15) is 17.6 Å². The molecule has 0 saturated heterocycles. The Bertz CT molecular complexity index is 387. The average Bonchev–Trinajstić information content (AvgIpc) is 2.09. The van der Waals surface area contributed by atoms with Crippen LogP contribution >= 0.6 is 11.6 Å². The summed E-state index contributed by atoms with van der Waals surface area (Å²) in [6.45, 7) is 0. The second kappa shape index (κ2) is 4.20. The van der Waals surface area contributed by atoms with Crippen molar-refractivity contribution in [2.45, 2.75) is 12.8 Å². The van der Waals surface area contributed by atoms with Crippen molar-refractivity contribution in [1.82, 2.24) is 4.98 Å². The number of hydrogen-bond acceptors (Lipinski definition) is 3. The van der Waals surface area contributed by atoms with Crippen LogP contribution in [0.2, 0.25) is 5.15 Å². The summed E-state index contributed by atoms with van der Waals surface area (Å²) in [5.41, 5.74) is 4.96. The summed E-state index contributed by atoms with van der Waals surface area (Å²) < 4.78 is 24.9. The fourth-order valence-electron chi connectivity index (χ4n) is 1.03. The third-order valence-electron chi connectivity index (χ3n) is 1.62. The lowest BCUT2D eigenvalue weighted by Crippen LogP contribution is -2.01. The molecule has 0 bridgehead atoms. The average molecular weight is 218 g/mol. The molecule has 0 saturated carbocycles. The largest absolute Gasteiger partial charge is 0.384 e. The van der Waals surface area contributed by atoms with Crippen LogP contribution in [0.5, 0.6) is 0 Å². The number of pyridine rings is 1. The lowest BCUT2D eigenvalue weighted by atomic mass is 10.1. The van der Waals surface area contributed by atoms with Gasteiger partial charge >= 0.3 is 0 Å². The number of nitrogens with zero attached hydrogens (tertiary/aromatic N) is 2. The van der Waals surface area contributed by atoms with E-state index < -0.39 is 6.43 Å². The summed E-state index contributed by atoms with van der Waals surface area (Å²) in [5, 5.41) is 8.27. The number of hydrogen-bond donors (Lipinski definition) is 1. The molecule has 0 spiro atoms. The molecular weight excluding hydrogens is 212 g/mol. The maximum Gasteiger partial charge on any atom is 0.264 e. The molecule has 0 aliphatic carbocycles. The third-order valence-corrected chi connectivity index (χ3v) is 1.93. The topological polar surface area (TPSA) is 62.7 Å². The number of halogens is 3.